The zero-order chi connectivity index (χ0) is 26.3. The van der Waals surface area contributed by atoms with Crippen molar-refractivity contribution in [3.8, 4) is 0 Å². The summed E-state index contributed by atoms with van der Waals surface area (Å²) in [5.74, 6) is -0.893. The Morgan fingerprint density at radius 2 is 1.80 bits per heavy atom. The van der Waals surface area contributed by atoms with E-state index in [0.717, 1.165) is 16.7 Å². The number of hydrogen-bond donors (Lipinski definition) is 2. The fourth-order valence-corrected chi connectivity index (χ4v) is 3.81. The summed E-state index contributed by atoms with van der Waals surface area (Å²) in [6.45, 7) is 14.3. The zero-order valence-electron chi connectivity index (χ0n) is 21.2. The zero-order valence-corrected chi connectivity index (χ0v) is 22.0. The van der Waals surface area contributed by atoms with Gasteiger partial charge < -0.3 is 20.3 Å². The third kappa shape index (κ3) is 7.86. The van der Waals surface area contributed by atoms with Crippen LogP contribution in [-0.4, -0.2) is 41.5 Å². The van der Waals surface area contributed by atoms with Crippen LogP contribution >= 0.6 is 11.6 Å². The summed E-state index contributed by atoms with van der Waals surface area (Å²) >= 11 is 6.35. The van der Waals surface area contributed by atoms with E-state index in [9.17, 15) is 14.4 Å². The fraction of sp³-hybridized carbons (Fsp3) is 0.370. The van der Waals surface area contributed by atoms with Crippen LogP contribution < -0.4 is 10.6 Å². The molecule has 0 radical (unpaired) electrons. The van der Waals surface area contributed by atoms with Gasteiger partial charge in [0.25, 0.3) is 5.91 Å². The molecule has 0 aliphatic rings. The molecule has 0 aliphatic heterocycles. The predicted molar refractivity (Wildman–Crippen MR) is 140 cm³/mol. The van der Waals surface area contributed by atoms with Gasteiger partial charge in [-0.25, -0.2) is 4.79 Å². The van der Waals surface area contributed by atoms with E-state index < -0.39 is 29.6 Å². The highest BCUT2D eigenvalue weighted by molar-refractivity contribution is 6.34. The molecule has 7 nitrogen and oxygen atoms in total. The molecule has 0 aliphatic carbocycles. The van der Waals surface area contributed by atoms with Crippen molar-refractivity contribution in [3.63, 3.8) is 0 Å². The molecule has 0 aromatic heterocycles. The van der Waals surface area contributed by atoms with Crippen LogP contribution in [-0.2, 0) is 14.3 Å². The predicted octanol–water partition coefficient (Wildman–Crippen LogP) is 5.48. The molecule has 0 spiro atoms. The number of anilines is 1. The topological polar surface area (TPSA) is 87.7 Å². The lowest BCUT2D eigenvalue weighted by atomic mass is 9.96. The molecular weight excluding hydrogens is 466 g/mol. The number of rotatable bonds is 8. The van der Waals surface area contributed by atoms with Crippen LogP contribution in [0.3, 0.4) is 0 Å². The number of para-hydroxylation sites is 1. The number of nitrogens with one attached hydrogen (secondary N) is 2. The molecule has 0 saturated carbocycles. The van der Waals surface area contributed by atoms with Gasteiger partial charge in [-0.3, -0.25) is 9.59 Å². The van der Waals surface area contributed by atoms with Gasteiger partial charge in [0, 0.05) is 6.54 Å². The van der Waals surface area contributed by atoms with Crippen molar-refractivity contribution < 1.29 is 19.1 Å². The lowest BCUT2D eigenvalue weighted by Gasteiger charge is -2.32. The van der Waals surface area contributed by atoms with Crippen molar-refractivity contribution in [2.75, 3.05) is 18.4 Å². The second-order valence-corrected chi connectivity index (χ2v) is 9.78. The van der Waals surface area contributed by atoms with Crippen LogP contribution in [0.15, 0.2) is 49.1 Å². The summed E-state index contributed by atoms with van der Waals surface area (Å²) in [5.41, 5.74) is 3.01. The van der Waals surface area contributed by atoms with Crippen LogP contribution in [0.5, 0.6) is 0 Å². The first kappa shape index (κ1) is 27.9. The van der Waals surface area contributed by atoms with E-state index in [4.69, 9.17) is 16.3 Å². The molecule has 0 fully saturated rings. The summed E-state index contributed by atoms with van der Waals surface area (Å²) in [6, 6.07) is 10.1. The molecular formula is C27H34ClN3O4. The van der Waals surface area contributed by atoms with Crippen LogP contribution in [0.1, 0.15) is 49.1 Å². The minimum atomic E-state index is -0.989. The van der Waals surface area contributed by atoms with Crippen molar-refractivity contribution in [2.24, 2.45) is 0 Å². The molecule has 1 atom stereocenters. The van der Waals surface area contributed by atoms with E-state index in [1.807, 2.05) is 45.0 Å². The Morgan fingerprint density at radius 3 is 2.40 bits per heavy atom. The molecule has 2 rings (SSSR count). The Morgan fingerprint density at radius 1 is 1.11 bits per heavy atom. The quantitative estimate of drug-likeness (QED) is 0.470. The number of amides is 3. The van der Waals surface area contributed by atoms with Crippen molar-refractivity contribution in [3.05, 3.63) is 76.3 Å². The molecule has 0 bridgehead atoms. The summed E-state index contributed by atoms with van der Waals surface area (Å²) in [6.07, 6.45) is 0.821. The minimum Gasteiger partial charge on any atom is -0.444 e. The average Bonchev–Trinajstić information content (AvgIpc) is 2.75. The first-order chi connectivity index (χ1) is 16.3. The summed E-state index contributed by atoms with van der Waals surface area (Å²) in [7, 11) is 0. The summed E-state index contributed by atoms with van der Waals surface area (Å²) in [5, 5.41) is 5.77. The molecule has 8 heteroatoms. The standard InChI is InChI=1S/C27H34ClN3O4/c1-8-14-31(22(32)16-29-26(34)35-27(5,6)7)24(20-15-17(2)12-13-18(20)3)25(33)30-23-19(4)10-9-11-21(23)28/h8-13,15,24H,1,14,16H2,2-7H3,(H,29,34)(H,30,33). The molecule has 3 amide bonds. The van der Waals surface area contributed by atoms with Crippen LogP contribution in [0.4, 0.5) is 10.5 Å². The number of carbonyl (C=O) groups is 3. The molecule has 0 saturated heterocycles. The van der Waals surface area contributed by atoms with E-state index in [1.165, 1.54) is 11.0 Å². The van der Waals surface area contributed by atoms with E-state index >= 15 is 0 Å². The molecule has 2 aromatic rings. The Balaban J connectivity index is 2.44. The highest BCUT2D eigenvalue weighted by Gasteiger charge is 2.33. The number of aryl methyl sites for hydroxylation is 3. The van der Waals surface area contributed by atoms with Crippen LogP contribution in [0, 0.1) is 20.8 Å². The third-order valence-electron chi connectivity index (χ3n) is 5.19. The maximum Gasteiger partial charge on any atom is 0.408 e. The summed E-state index contributed by atoms with van der Waals surface area (Å²) < 4.78 is 5.23. The van der Waals surface area contributed by atoms with Gasteiger partial charge in [0.05, 0.1) is 10.7 Å². The van der Waals surface area contributed by atoms with Gasteiger partial charge in [0.2, 0.25) is 5.91 Å². The van der Waals surface area contributed by atoms with Crippen molar-refractivity contribution in [2.45, 2.75) is 53.2 Å². The Labute approximate surface area is 212 Å². The molecule has 2 N–H and O–H groups in total. The second kappa shape index (κ2) is 11.9. The molecule has 35 heavy (non-hydrogen) atoms. The van der Waals surface area contributed by atoms with Gasteiger partial charge in [-0.05, 0) is 64.3 Å². The number of ether oxygens (including phenoxy) is 1. The monoisotopic (exact) mass is 499 g/mol. The lowest BCUT2D eigenvalue weighted by Crippen LogP contribution is -2.46. The van der Waals surface area contributed by atoms with Gasteiger partial charge in [-0.15, -0.1) is 6.58 Å². The highest BCUT2D eigenvalue weighted by atomic mass is 35.5. The number of alkyl carbamates (subject to hydrolysis) is 1. The number of halogens is 1. The highest BCUT2D eigenvalue weighted by Crippen LogP contribution is 2.30. The van der Waals surface area contributed by atoms with Crippen LogP contribution in [0.25, 0.3) is 0 Å². The normalized spacial score (nSPS) is 11.9. The van der Waals surface area contributed by atoms with Crippen molar-refractivity contribution in [1.82, 2.24) is 10.2 Å². The van der Waals surface area contributed by atoms with E-state index in [1.54, 1.807) is 32.9 Å². The Bertz CT molecular complexity index is 1090. The number of hydrogen-bond acceptors (Lipinski definition) is 4. The first-order valence-corrected chi connectivity index (χ1v) is 11.7. The van der Waals surface area contributed by atoms with Gasteiger partial charge in [-0.1, -0.05) is 53.6 Å². The lowest BCUT2D eigenvalue weighted by molar-refractivity contribution is -0.137. The smallest absolute Gasteiger partial charge is 0.408 e. The summed E-state index contributed by atoms with van der Waals surface area (Å²) in [4.78, 5) is 40.5. The second-order valence-electron chi connectivity index (χ2n) is 9.37. The molecule has 188 valence electrons. The first-order valence-electron chi connectivity index (χ1n) is 11.3. The van der Waals surface area contributed by atoms with Gasteiger partial charge in [0.1, 0.15) is 18.2 Å². The largest absolute Gasteiger partial charge is 0.444 e. The van der Waals surface area contributed by atoms with Gasteiger partial charge in [0.15, 0.2) is 0 Å². The Kier molecular flexibility index (Phi) is 9.48. The third-order valence-corrected chi connectivity index (χ3v) is 5.50. The van der Waals surface area contributed by atoms with Crippen molar-refractivity contribution >= 4 is 35.2 Å². The van der Waals surface area contributed by atoms with E-state index in [-0.39, 0.29) is 13.1 Å². The van der Waals surface area contributed by atoms with Gasteiger partial charge in [-0.2, -0.15) is 0 Å². The van der Waals surface area contributed by atoms with E-state index in [2.05, 4.69) is 17.2 Å². The maximum atomic E-state index is 13.7. The average molecular weight is 500 g/mol. The number of carbonyl (C=O) groups excluding carboxylic acids is 3. The number of nitrogens with zero attached hydrogens (tertiary/aromatic N) is 1. The minimum absolute atomic E-state index is 0.0851. The SMILES string of the molecule is C=CCN(C(=O)CNC(=O)OC(C)(C)C)C(C(=O)Nc1c(C)cccc1Cl)c1cc(C)ccc1C. The van der Waals surface area contributed by atoms with Crippen molar-refractivity contribution in [1.29, 1.82) is 0 Å². The molecule has 1 unspecified atom stereocenters. The number of benzene rings is 2. The Hall–Kier alpha value is -3.32. The maximum absolute atomic E-state index is 13.7. The van der Waals surface area contributed by atoms with Crippen LogP contribution in [0.2, 0.25) is 5.02 Å². The molecule has 0 heterocycles. The van der Waals surface area contributed by atoms with E-state index in [0.29, 0.717) is 16.3 Å². The molecule has 2 aromatic carbocycles. The van der Waals surface area contributed by atoms with Gasteiger partial charge >= 0.3 is 6.09 Å². The fourth-order valence-electron chi connectivity index (χ4n) is 3.54.